The van der Waals surface area contributed by atoms with Crippen molar-refractivity contribution in [2.45, 2.75) is 38.8 Å². The maximum Gasteiger partial charge on any atom is 0.253 e. The van der Waals surface area contributed by atoms with Crippen LogP contribution in [0.15, 0.2) is 24.3 Å². The van der Waals surface area contributed by atoms with E-state index >= 15 is 0 Å². The standard InChI is InChI=1S/C20H28N4O4/c1-13(2)11-24(16-7-8-16)18(19(21)26)20(27)22-14-3-5-15(6-4-14)23-9-10-28-12-17(23)25/h3-6,13,16,18H,7-12H2,1-2H3,(H2,21,26)(H,22,27)/t18-/m0/s1. The summed E-state index contributed by atoms with van der Waals surface area (Å²) in [6, 6.07) is 6.22. The van der Waals surface area contributed by atoms with E-state index in [1.807, 2.05) is 4.90 Å². The Bertz CT molecular complexity index is 730. The first kappa shape index (κ1) is 20.3. The molecular weight excluding hydrogens is 360 g/mol. The Labute approximate surface area is 165 Å². The van der Waals surface area contributed by atoms with Crippen molar-refractivity contribution in [3.8, 4) is 0 Å². The molecule has 0 unspecified atom stereocenters. The van der Waals surface area contributed by atoms with Crippen LogP contribution in [0.4, 0.5) is 11.4 Å². The predicted octanol–water partition coefficient (Wildman–Crippen LogP) is 0.963. The SMILES string of the molecule is CC(C)CN(C1CC1)[C@@H](C(N)=O)C(=O)Nc1ccc(N2CCOCC2=O)cc1. The van der Waals surface area contributed by atoms with Crippen molar-refractivity contribution in [2.75, 3.05) is 36.5 Å². The van der Waals surface area contributed by atoms with E-state index in [4.69, 9.17) is 10.5 Å². The van der Waals surface area contributed by atoms with Crippen molar-refractivity contribution in [3.63, 3.8) is 0 Å². The fraction of sp³-hybridized carbons (Fsp3) is 0.550. The van der Waals surface area contributed by atoms with E-state index in [0.717, 1.165) is 18.5 Å². The molecule has 3 amide bonds. The minimum atomic E-state index is -0.990. The highest BCUT2D eigenvalue weighted by atomic mass is 16.5. The number of morpholine rings is 1. The van der Waals surface area contributed by atoms with Crippen LogP contribution in [0.5, 0.6) is 0 Å². The summed E-state index contributed by atoms with van der Waals surface area (Å²) in [6.07, 6.45) is 1.96. The van der Waals surface area contributed by atoms with Crippen LogP contribution in [-0.4, -0.2) is 61.0 Å². The lowest BCUT2D eigenvalue weighted by Gasteiger charge is -2.30. The molecule has 0 spiro atoms. The smallest absolute Gasteiger partial charge is 0.253 e. The van der Waals surface area contributed by atoms with E-state index < -0.39 is 17.9 Å². The first-order valence-electron chi connectivity index (χ1n) is 9.71. The highest BCUT2D eigenvalue weighted by molar-refractivity contribution is 6.09. The van der Waals surface area contributed by atoms with Gasteiger partial charge in [-0.3, -0.25) is 19.3 Å². The van der Waals surface area contributed by atoms with E-state index in [1.54, 1.807) is 29.2 Å². The van der Waals surface area contributed by atoms with E-state index in [-0.39, 0.29) is 18.6 Å². The van der Waals surface area contributed by atoms with Crippen molar-refractivity contribution in [2.24, 2.45) is 11.7 Å². The third kappa shape index (κ3) is 4.88. The van der Waals surface area contributed by atoms with Crippen LogP contribution in [0.25, 0.3) is 0 Å². The molecule has 1 aromatic carbocycles. The van der Waals surface area contributed by atoms with Crippen LogP contribution in [0.1, 0.15) is 26.7 Å². The van der Waals surface area contributed by atoms with Gasteiger partial charge in [0.15, 0.2) is 6.04 Å². The van der Waals surface area contributed by atoms with E-state index in [0.29, 0.717) is 31.3 Å². The monoisotopic (exact) mass is 388 g/mol. The van der Waals surface area contributed by atoms with Gasteiger partial charge in [-0.05, 0) is 43.0 Å². The fourth-order valence-corrected chi connectivity index (χ4v) is 3.46. The van der Waals surface area contributed by atoms with Crippen molar-refractivity contribution < 1.29 is 19.1 Å². The average Bonchev–Trinajstić information content (AvgIpc) is 3.47. The number of hydrogen-bond donors (Lipinski definition) is 2. The lowest BCUT2D eigenvalue weighted by Crippen LogP contribution is -2.54. The topological polar surface area (TPSA) is 105 Å². The number of rotatable bonds is 8. The number of nitrogens with zero attached hydrogens (tertiary/aromatic N) is 2. The molecule has 1 aliphatic heterocycles. The van der Waals surface area contributed by atoms with Crippen LogP contribution in [-0.2, 0) is 19.1 Å². The van der Waals surface area contributed by atoms with Crippen LogP contribution in [0.2, 0.25) is 0 Å². The highest BCUT2D eigenvalue weighted by Gasteiger charge is 2.40. The Morgan fingerprint density at radius 2 is 1.96 bits per heavy atom. The number of ether oxygens (including phenoxy) is 1. The number of primary amides is 1. The van der Waals surface area contributed by atoms with Crippen LogP contribution in [0, 0.1) is 5.92 Å². The van der Waals surface area contributed by atoms with E-state index in [1.165, 1.54) is 0 Å². The quantitative estimate of drug-likeness (QED) is 0.646. The van der Waals surface area contributed by atoms with Crippen LogP contribution in [0.3, 0.4) is 0 Å². The van der Waals surface area contributed by atoms with E-state index in [2.05, 4.69) is 19.2 Å². The summed E-state index contributed by atoms with van der Waals surface area (Å²) in [7, 11) is 0. The molecule has 2 aliphatic rings. The number of benzene rings is 1. The average molecular weight is 388 g/mol. The molecule has 152 valence electrons. The third-order valence-corrected chi connectivity index (χ3v) is 4.87. The molecular formula is C20H28N4O4. The van der Waals surface area contributed by atoms with Crippen molar-refractivity contribution in [3.05, 3.63) is 24.3 Å². The second-order valence-electron chi connectivity index (χ2n) is 7.76. The zero-order valence-corrected chi connectivity index (χ0v) is 16.4. The summed E-state index contributed by atoms with van der Waals surface area (Å²) in [5.41, 5.74) is 6.88. The van der Waals surface area contributed by atoms with Crippen LogP contribution >= 0.6 is 0 Å². The molecule has 1 saturated carbocycles. The summed E-state index contributed by atoms with van der Waals surface area (Å²) in [5, 5.41) is 2.79. The summed E-state index contributed by atoms with van der Waals surface area (Å²) in [4.78, 5) is 40.4. The molecule has 2 fully saturated rings. The van der Waals surface area contributed by atoms with Gasteiger partial charge in [-0.25, -0.2) is 0 Å². The van der Waals surface area contributed by atoms with Crippen LogP contribution < -0.4 is 16.0 Å². The van der Waals surface area contributed by atoms with Crippen molar-refractivity contribution >= 4 is 29.1 Å². The number of anilines is 2. The van der Waals surface area contributed by atoms with Gasteiger partial charge in [-0.15, -0.1) is 0 Å². The highest BCUT2D eigenvalue weighted by Crippen LogP contribution is 2.30. The summed E-state index contributed by atoms with van der Waals surface area (Å²) >= 11 is 0. The van der Waals surface area contributed by atoms with Crippen molar-refractivity contribution in [1.82, 2.24) is 4.90 Å². The Morgan fingerprint density at radius 1 is 1.29 bits per heavy atom. The molecule has 8 nitrogen and oxygen atoms in total. The molecule has 1 saturated heterocycles. The van der Waals surface area contributed by atoms with Gasteiger partial charge >= 0.3 is 0 Å². The summed E-state index contributed by atoms with van der Waals surface area (Å²) in [5.74, 6) is -0.831. The third-order valence-electron chi connectivity index (χ3n) is 4.87. The second-order valence-corrected chi connectivity index (χ2v) is 7.76. The summed E-state index contributed by atoms with van der Waals surface area (Å²) in [6.45, 7) is 5.82. The van der Waals surface area contributed by atoms with Gasteiger partial charge in [0.2, 0.25) is 5.91 Å². The number of carbonyl (C=O) groups excluding carboxylic acids is 3. The number of nitrogens with two attached hydrogens (primary N) is 1. The summed E-state index contributed by atoms with van der Waals surface area (Å²) < 4.78 is 5.14. The molecule has 3 N–H and O–H groups in total. The van der Waals surface area contributed by atoms with Gasteiger partial charge in [-0.2, -0.15) is 0 Å². The Kier molecular flexibility index (Phi) is 6.31. The number of amides is 3. The molecule has 1 heterocycles. The minimum absolute atomic E-state index is 0.0750. The Balaban J connectivity index is 1.69. The fourth-order valence-electron chi connectivity index (χ4n) is 3.46. The molecule has 1 aromatic rings. The molecule has 0 aromatic heterocycles. The lowest BCUT2D eigenvalue weighted by atomic mass is 10.1. The first-order chi connectivity index (χ1) is 13.4. The molecule has 1 atom stereocenters. The van der Waals surface area contributed by atoms with Gasteiger partial charge in [0.25, 0.3) is 11.8 Å². The molecule has 0 radical (unpaired) electrons. The van der Waals surface area contributed by atoms with E-state index in [9.17, 15) is 14.4 Å². The van der Waals surface area contributed by atoms with Crippen molar-refractivity contribution in [1.29, 1.82) is 0 Å². The zero-order valence-electron chi connectivity index (χ0n) is 16.4. The lowest BCUT2D eigenvalue weighted by molar-refractivity contribution is -0.133. The van der Waals surface area contributed by atoms with Gasteiger partial charge in [0, 0.05) is 30.5 Å². The zero-order chi connectivity index (χ0) is 20.3. The van der Waals surface area contributed by atoms with Gasteiger partial charge < -0.3 is 20.7 Å². The molecule has 0 bridgehead atoms. The molecule has 28 heavy (non-hydrogen) atoms. The number of hydrogen-bond acceptors (Lipinski definition) is 5. The maximum atomic E-state index is 12.8. The molecule has 8 heteroatoms. The predicted molar refractivity (Wildman–Crippen MR) is 106 cm³/mol. The molecule has 3 rings (SSSR count). The van der Waals surface area contributed by atoms with Gasteiger partial charge in [-0.1, -0.05) is 13.8 Å². The minimum Gasteiger partial charge on any atom is -0.370 e. The first-order valence-corrected chi connectivity index (χ1v) is 9.71. The Hall–Kier alpha value is -2.45. The van der Waals surface area contributed by atoms with Gasteiger partial charge in [0.05, 0.1) is 6.61 Å². The largest absolute Gasteiger partial charge is 0.370 e. The number of carbonyl (C=O) groups is 3. The second kappa shape index (κ2) is 8.70. The maximum absolute atomic E-state index is 12.8. The Morgan fingerprint density at radius 3 is 2.50 bits per heavy atom. The van der Waals surface area contributed by atoms with Gasteiger partial charge in [0.1, 0.15) is 6.61 Å². The molecule has 1 aliphatic carbocycles. The number of nitrogens with one attached hydrogen (secondary N) is 1. The normalized spacial score (nSPS) is 18.4.